The smallest absolute Gasteiger partial charge is 0.258 e. The van der Waals surface area contributed by atoms with Gasteiger partial charge in [-0.3, -0.25) is 9.69 Å². The van der Waals surface area contributed by atoms with Crippen LogP contribution < -0.4 is 4.90 Å². The predicted octanol–water partition coefficient (Wildman–Crippen LogP) is 5.88. The molecule has 4 rings (SSSR count). The number of benzene rings is 3. The fraction of sp³-hybridized carbons (Fsp3) is 0.240. The summed E-state index contributed by atoms with van der Waals surface area (Å²) in [6, 6.07) is 23.8. The number of nitrogens with zero attached hydrogens (tertiary/aromatic N) is 2. The summed E-state index contributed by atoms with van der Waals surface area (Å²) in [4.78, 5) is 17.1. The van der Waals surface area contributed by atoms with Crippen LogP contribution in [-0.2, 0) is 6.54 Å². The molecule has 0 radical (unpaired) electrons. The molecule has 0 unspecified atom stereocenters. The lowest BCUT2D eigenvalue weighted by atomic mass is 10.1. The van der Waals surface area contributed by atoms with Gasteiger partial charge < -0.3 is 4.90 Å². The van der Waals surface area contributed by atoms with Crippen molar-refractivity contribution in [1.29, 1.82) is 0 Å². The van der Waals surface area contributed by atoms with Crippen LogP contribution in [0.15, 0.2) is 72.8 Å². The molecule has 1 aliphatic rings. The van der Waals surface area contributed by atoms with Crippen molar-refractivity contribution in [2.45, 2.75) is 19.4 Å². The van der Waals surface area contributed by atoms with Gasteiger partial charge in [0.05, 0.1) is 0 Å². The van der Waals surface area contributed by atoms with E-state index >= 15 is 0 Å². The first-order valence-corrected chi connectivity index (χ1v) is 10.4. The van der Waals surface area contributed by atoms with Gasteiger partial charge in [0.15, 0.2) is 0 Å². The van der Waals surface area contributed by atoms with Crippen molar-refractivity contribution in [3.8, 4) is 11.1 Å². The zero-order valence-electron chi connectivity index (χ0n) is 16.6. The third kappa shape index (κ3) is 4.69. The van der Waals surface area contributed by atoms with Gasteiger partial charge in [-0.05, 0) is 79.0 Å². The van der Waals surface area contributed by atoms with Crippen LogP contribution in [0.2, 0.25) is 5.02 Å². The Morgan fingerprint density at radius 2 is 1.41 bits per heavy atom. The number of carbonyl (C=O) groups is 1. The van der Waals surface area contributed by atoms with Crippen LogP contribution in [0, 0.1) is 0 Å². The number of hydrogen-bond donors (Lipinski definition) is 0. The molecule has 0 aromatic heterocycles. The van der Waals surface area contributed by atoms with Crippen molar-refractivity contribution >= 4 is 23.2 Å². The molecule has 148 valence electrons. The molecule has 1 fully saturated rings. The maximum Gasteiger partial charge on any atom is 0.258 e. The van der Waals surface area contributed by atoms with E-state index in [0.717, 1.165) is 28.4 Å². The van der Waals surface area contributed by atoms with Crippen molar-refractivity contribution in [1.82, 2.24) is 4.90 Å². The summed E-state index contributed by atoms with van der Waals surface area (Å²) >= 11 is 5.96. The summed E-state index contributed by atoms with van der Waals surface area (Å²) in [5, 5.41) is 0.724. The Labute approximate surface area is 177 Å². The standard InChI is InChI=1S/C25H25ClN2O/c1-27(24-14-10-21(11-15-24)20-8-12-23(26)13-9-20)25(29)22-6-4-19(5-7-22)18-28-16-2-3-17-28/h4-15H,2-3,16-18H2,1H3. The number of amides is 1. The summed E-state index contributed by atoms with van der Waals surface area (Å²) in [6.07, 6.45) is 2.58. The van der Waals surface area contributed by atoms with Gasteiger partial charge in [-0.25, -0.2) is 0 Å². The highest BCUT2D eigenvalue weighted by Crippen LogP contribution is 2.25. The number of carbonyl (C=O) groups excluding carboxylic acids is 1. The molecule has 0 aliphatic carbocycles. The molecule has 0 atom stereocenters. The highest BCUT2D eigenvalue weighted by Gasteiger charge is 2.15. The van der Waals surface area contributed by atoms with E-state index in [0.29, 0.717) is 5.56 Å². The van der Waals surface area contributed by atoms with Gasteiger partial charge in [0.1, 0.15) is 0 Å². The maximum absolute atomic E-state index is 12.9. The molecule has 0 spiro atoms. The van der Waals surface area contributed by atoms with Crippen LogP contribution in [0.3, 0.4) is 0 Å². The van der Waals surface area contributed by atoms with E-state index in [1.165, 1.54) is 31.5 Å². The molecule has 1 saturated heterocycles. The first-order valence-electron chi connectivity index (χ1n) is 10.1. The third-order valence-corrected chi connectivity index (χ3v) is 5.79. The molecule has 1 aliphatic heterocycles. The van der Waals surface area contributed by atoms with Crippen molar-refractivity contribution in [3.05, 3.63) is 88.9 Å². The number of hydrogen-bond acceptors (Lipinski definition) is 2. The van der Waals surface area contributed by atoms with Crippen LogP contribution >= 0.6 is 11.6 Å². The molecule has 0 N–H and O–H groups in total. The van der Waals surface area contributed by atoms with Crippen molar-refractivity contribution in [2.75, 3.05) is 25.0 Å². The maximum atomic E-state index is 12.9. The molecule has 29 heavy (non-hydrogen) atoms. The van der Waals surface area contributed by atoms with Gasteiger partial charge >= 0.3 is 0 Å². The summed E-state index contributed by atoms with van der Waals surface area (Å²) in [5.74, 6) is -0.00281. The monoisotopic (exact) mass is 404 g/mol. The fourth-order valence-electron chi connectivity index (χ4n) is 3.78. The van der Waals surface area contributed by atoms with E-state index in [-0.39, 0.29) is 5.91 Å². The van der Waals surface area contributed by atoms with Gasteiger partial charge in [-0.2, -0.15) is 0 Å². The summed E-state index contributed by atoms with van der Waals surface area (Å²) in [5.41, 5.74) is 5.03. The molecular formula is C25H25ClN2O. The summed E-state index contributed by atoms with van der Waals surface area (Å²) in [6.45, 7) is 3.32. The van der Waals surface area contributed by atoms with Crippen LogP contribution in [0.4, 0.5) is 5.69 Å². The molecule has 3 aromatic rings. The molecule has 3 aromatic carbocycles. The molecule has 1 heterocycles. The van der Waals surface area contributed by atoms with Crippen LogP contribution in [0.5, 0.6) is 0 Å². The average molecular weight is 405 g/mol. The predicted molar refractivity (Wildman–Crippen MR) is 121 cm³/mol. The number of halogens is 1. The molecule has 3 nitrogen and oxygen atoms in total. The lowest BCUT2D eigenvalue weighted by Crippen LogP contribution is -2.26. The molecule has 4 heteroatoms. The highest BCUT2D eigenvalue weighted by molar-refractivity contribution is 6.30. The third-order valence-electron chi connectivity index (χ3n) is 5.54. The summed E-state index contributed by atoms with van der Waals surface area (Å²) < 4.78 is 0. The topological polar surface area (TPSA) is 23.6 Å². The minimum Gasteiger partial charge on any atom is -0.311 e. The SMILES string of the molecule is CN(C(=O)c1ccc(CN2CCCC2)cc1)c1ccc(-c2ccc(Cl)cc2)cc1. The zero-order valence-corrected chi connectivity index (χ0v) is 17.4. The summed E-state index contributed by atoms with van der Waals surface area (Å²) in [7, 11) is 1.82. The Balaban J connectivity index is 1.43. The van der Waals surface area contributed by atoms with Crippen LogP contribution in [0.25, 0.3) is 11.1 Å². The van der Waals surface area contributed by atoms with Crippen molar-refractivity contribution < 1.29 is 4.79 Å². The first kappa shape index (κ1) is 19.7. The zero-order chi connectivity index (χ0) is 20.2. The Bertz CT molecular complexity index is 959. The molecule has 0 saturated carbocycles. The fourth-order valence-corrected chi connectivity index (χ4v) is 3.91. The van der Waals surface area contributed by atoms with E-state index in [2.05, 4.69) is 17.0 Å². The van der Waals surface area contributed by atoms with Crippen LogP contribution in [-0.4, -0.2) is 30.9 Å². The second-order valence-corrected chi connectivity index (χ2v) is 8.03. The molecule has 1 amide bonds. The van der Waals surface area contributed by atoms with Crippen molar-refractivity contribution in [3.63, 3.8) is 0 Å². The van der Waals surface area contributed by atoms with Gasteiger partial charge in [-0.1, -0.05) is 48.0 Å². The van der Waals surface area contributed by atoms with E-state index in [9.17, 15) is 4.79 Å². The van der Waals surface area contributed by atoms with E-state index in [1.807, 2.05) is 67.7 Å². The minimum atomic E-state index is -0.00281. The van der Waals surface area contributed by atoms with E-state index in [4.69, 9.17) is 11.6 Å². The van der Waals surface area contributed by atoms with E-state index < -0.39 is 0 Å². The van der Waals surface area contributed by atoms with Gasteiger partial charge in [0.25, 0.3) is 5.91 Å². The Morgan fingerprint density at radius 3 is 2.00 bits per heavy atom. The second-order valence-electron chi connectivity index (χ2n) is 7.60. The Morgan fingerprint density at radius 1 is 0.862 bits per heavy atom. The van der Waals surface area contributed by atoms with Crippen molar-refractivity contribution in [2.24, 2.45) is 0 Å². The minimum absolute atomic E-state index is 0.00281. The van der Waals surface area contributed by atoms with Gasteiger partial charge in [0.2, 0.25) is 0 Å². The molecule has 0 bridgehead atoms. The highest BCUT2D eigenvalue weighted by atomic mass is 35.5. The number of rotatable bonds is 5. The Hall–Kier alpha value is -2.62. The Kier molecular flexibility index (Phi) is 5.98. The lowest BCUT2D eigenvalue weighted by molar-refractivity contribution is 0.0993. The first-order chi connectivity index (χ1) is 14.1. The number of anilines is 1. The lowest BCUT2D eigenvalue weighted by Gasteiger charge is -2.19. The number of likely N-dealkylation sites (tertiary alicyclic amines) is 1. The largest absolute Gasteiger partial charge is 0.311 e. The quantitative estimate of drug-likeness (QED) is 0.530. The van der Waals surface area contributed by atoms with E-state index in [1.54, 1.807) is 4.90 Å². The average Bonchev–Trinajstić information content (AvgIpc) is 3.27. The van der Waals surface area contributed by atoms with Gasteiger partial charge in [0, 0.05) is 29.9 Å². The second kappa shape index (κ2) is 8.81. The normalized spacial score (nSPS) is 14.1. The van der Waals surface area contributed by atoms with Crippen LogP contribution in [0.1, 0.15) is 28.8 Å². The van der Waals surface area contributed by atoms with Gasteiger partial charge in [-0.15, -0.1) is 0 Å². The molecular weight excluding hydrogens is 380 g/mol.